The number of nitrogens with zero attached hydrogens (tertiary/aromatic N) is 1. The fourth-order valence-electron chi connectivity index (χ4n) is 3.77. The third-order valence-electron chi connectivity index (χ3n) is 5.52. The topological polar surface area (TPSA) is 3.88 Å². The van der Waals surface area contributed by atoms with Gasteiger partial charge in [-0.2, -0.15) is 0 Å². The summed E-state index contributed by atoms with van der Waals surface area (Å²) in [6, 6.07) is 21.8. The molecule has 0 bridgehead atoms. The maximum Gasteiger partial charge on any atom is 0.220 e. The molecule has 1 heteroatoms. The highest BCUT2D eigenvalue weighted by atomic mass is 14.9. The summed E-state index contributed by atoms with van der Waals surface area (Å²) in [7, 11) is 1.85. The lowest BCUT2D eigenvalue weighted by Gasteiger charge is -2.15. The van der Waals surface area contributed by atoms with Gasteiger partial charge in [0.1, 0.15) is 8.42 Å². The summed E-state index contributed by atoms with van der Waals surface area (Å²) >= 11 is 0. The molecule has 1 unspecified atom stereocenters. The van der Waals surface area contributed by atoms with E-state index in [1.54, 1.807) is 6.07 Å². The highest BCUT2D eigenvalue weighted by Gasteiger charge is 2.19. The highest BCUT2D eigenvalue weighted by Crippen LogP contribution is 2.34. The minimum Gasteiger partial charge on any atom is -0.200 e. The van der Waals surface area contributed by atoms with E-state index in [0.29, 0.717) is 11.7 Å². The molecule has 0 saturated heterocycles. The number of aromatic nitrogens is 1. The average molecular weight is 372 g/mol. The van der Waals surface area contributed by atoms with Gasteiger partial charge < -0.3 is 0 Å². The van der Waals surface area contributed by atoms with Crippen LogP contribution in [0.25, 0.3) is 33.2 Å². The maximum atomic E-state index is 8.62. The van der Waals surface area contributed by atoms with Gasteiger partial charge in [0.05, 0.1) is 10.9 Å². The Kier molecular flexibility index (Phi) is 3.43. The second kappa shape index (κ2) is 7.24. The largest absolute Gasteiger partial charge is 0.220 e. The van der Waals surface area contributed by atoms with E-state index in [0.717, 1.165) is 44.3 Å². The molecule has 0 fully saturated rings. The van der Waals surface area contributed by atoms with Crippen LogP contribution in [0.4, 0.5) is 0 Å². The Labute approximate surface area is 175 Å². The number of rotatable bonds is 3. The molecule has 0 radical (unpaired) electrons. The summed E-state index contributed by atoms with van der Waals surface area (Å²) in [5, 5.41) is 1.93. The SMILES string of the molecule is [2H]c1cc2cc(-c3ccccc3)ccc2c(-c2cc(C([2H])(C)C([2H])([2H])[2H])cc(C)c2C)[n+]1C. The minimum absolute atomic E-state index is 0.356. The molecular formula is C27H28N+. The van der Waals surface area contributed by atoms with Crippen LogP contribution in [0.2, 0.25) is 0 Å². The number of fused-ring (bicyclic) bond motifs is 1. The molecule has 1 aromatic heterocycles. The quantitative estimate of drug-likeness (QED) is 0.351. The van der Waals surface area contributed by atoms with Crippen LogP contribution in [0, 0.1) is 13.8 Å². The van der Waals surface area contributed by atoms with E-state index < -0.39 is 12.7 Å². The maximum absolute atomic E-state index is 8.62. The summed E-state index contributed by atoms with van der Waals surface area (Å²) in [6.07, 6.45) is 0.356. The molecule has 0 aliphatic rings. The lowest BCUT2D eigenvalue weighted by atomic mass is 9.90. The molecule has 1 heterocycles. The molecule has 0 aliphatic heterocycles. The van der Waals surface area contributed by atoms with Gasteiger partial charge in [-0.1, -0.05) is 56.2 Å². The zero-order valence-corrected chi connectivity index (χ0v) is 16.8. The first-order valence-corrected chi connectivity index (χ1v) is 9.53. The van der Waals surface area contributed by atoms with Gasteiger partial charge in [-0.15, -0.1) is 0 Å². The van der Waals surface area contributed by atoms with Crippen LogP contribution in [0.3, 0.4) is 0 Å². The lowest BCUT2D eigenvalue weighted by molar-refractivity contribution is -0.659. The van der Waals surface area contributed by atoms with Crippen molar-refractivity contribution in [2.24, 2.45) is 7.05 Å². The first-order chi connectivity index (χ1) is 15.4. The van der Waals surface area contributed by atoms with Crippen molar-refractivity contribution in [1.29, 1.82) is 0 Å². The van der Waals surface area contributed by atoms with Crippen molar-refractivity contribution in [2.45, 2.75) is 33.5 Å². The fraction of sp³-hybridized carbons (Fsp3) is 0.222. The Morgan fingerprint density at radius 1 is 0.964 bits per heavy atom. The zero-order chi connectivity index (χ0) is 24.1. The molecule has 0 N–H and O–H groups in total. The van der Waals surface area contributed by atoms with E-state index in [2.05, 4.69) is 30.3 Å². The first-order valence-electron chi connectivity index (χ1n) is 12.0. The third-order valence-corrected chi connectivity index (χ3v) is 5.52. The van der Waals surface area contributed by atoms with Crippen molar-refractivity contribution in [3.05, 3.63) is 89.6 Å². The van der Waals surface area contributed by atoms with Crippen LogP contribution in [-0.4, -0.2) is 0 Å². The molecule has 4 rings (SSSR count). The summed E-state index contributed by atoms with van der Waals surface area (Å²) < 4.78 is 42.7. The van der Waals surface area contributed by atoms with Crippen molar-refractivity contribution in [2.75, 3.05) is 0 Å². The van der Waals surface area contributed by atoms with Crippen LogP contribution in [-0.2, 0) is 7.05 Å². The molecule has 0 saturated carbocycles. The number of aryl methyl sites for hydroxylation is 1. The van der Waals surface area contributed by atoms with Gasteiger partial charge in [0.15, 0.2) is 6.17 Å². The van der Waals surface area contributed by atoms with Crippen LogP contribution in [0.15, 0.2) is 72.9 Å². The zero-order valence-electron chi connectivity index (χ0n) is 21.8. The Bertz CT molecular complexity index is 1360. The van der Waals surface area contributed by atoms with E-state index in [9.17, 15) is 0 Å². The first kappa shape index (κ1) is 13.3. The smallest absolute Gasteiger partial charge is 0.200 e. The third kappa shape index (κ3) is 3.22. The van der Waals surface area contributed by atoms with Crippen LogP contribution >= 0.6 is 0 Å². The van der Waals surface area contributed by atoms with Gasteiger partial charge in [0.25, 0.3) is 0 Å². The predicted octanol–water partition coefficient (Wildman–Crippen LogP) is 6.74. The van der Waals surface area contributed by atoms with E-state index in [1.165, 1.54) is 6.92 Å². The Hall–Kier alpha value is -2.93. The minimum atomic E-state index is -2.46. The van der Waals surface area contributed by atoms with Crippen molar-refractivity contribution in [3.63, 3.8) is 0 Å². The van der Waals surface area contributed by atoms with Crippen molar-refractivity contribution >= 4 is 10.8 Å². The molecule has 1 atom stereocenters. The standard InChI is InChI=1S/C27H28N/c1-18(2)24-15-19(3)20(4)26(17-24)27-25-12-11-22(21-9-7-6-8-10-21)16-23(25)13-14-28(27)5/h6-18H,1-5H3/q+1/i1D3,14D,18D. The monoisotopic (exact) mass is 371 g/mol. The van der Waals surface area contributed by atoms with E-state index in [4.69, 9.17) is 6.85 Å². The number of hydrogen-bond donors (Lipinski definition) is 0. The Morgan fingerprint density at radius 3 is 2.50 bits per heavy atom. The molecule has 0 spiro atoms. The van der Waals surface area contributed by atoms with Gasteiger partial charge in [-0.25, -0.2) is 4.57 Å². The summed E-state index contributed by atoms with van der Waals surface area (Å²) in [4.78, 5) is 0. The van der Waals surface area contributed by atoms with Crippen LogP contribution in [0.5, 0.6) is 0 Å². The second-order valence-corrected chi connectivity index (χ2v) is 7.44. The van der Waals surface area contributed by atoms with Gasteiger partial charge in [0.2, 0.25) is 5.69 Å². The van der Waals surface area contributed by atoms with Gasteiger partial charge in [0, 0.05) is 11.5 Å². The van der Waals surface area contributed by atoms with Crippen molar-refractivity contribution in [3.8, 4) is 22.4 Å². The molecule has 4 aromatic rings. The molecule has 1 nitrogen and oxygen atoms in total. The summed E-state index contributed by atoms with van der Waals surface area (Å²) in [6.45, 7) is 2.93. The van der Waals surface area contributed by atoms with Crippen molar-refractivity contribution in [1.82, 2.24) is 0 Å². The second-order valence-electron chi connectivity index (χ2n) is 7.44. The van der Waals surface area contributed by atoms with Crippen LogP contribution < -0.4 is 4.57 Å². The average Bonchev–Trinajstić information content (AvgIpc) is 2.76. The number of benzene rings is 3. The Balaban J connectivity index is 2.01. The van der Waals surface area contributed by atoms with Gasteiger partial charge in [-0.3, -0.25) is 0 Å². The van der Waals surface area contributed by atoms with E-state index in [1.807, 2.05) is 55.8 Å². The number of pyridine rings is 1. The van der Waals surface area contributed by atoms with Crippen LogP contribution in [0.1, 0.15) is 43.2 Å². The normalized spacial score (nSPS) is 16.5. The van der Waals surface area contributed by atoms with E-state index in [-0.39, 0.29) is 0 Å². The molecule has 0 aliphatic carbocycles. The molecular weight excluding hydrogens is 338 g/mol. The number of hydrogen-bond acceptors (Lipinski definition) is 0. The molecule has 0 amide bonds. The summed E-state index contributed by atoms with van der Waals surface area (Å²) in [5.41, 5.74) is 6.26. The summed E-state index contributed by atoms with van der Waals surface area (Å²) in [5.74, 6) is -1.74. The Morgan fingerprint density at radius 2 is 1.75 bits per heavy atom. The van der Waals surface area contributed by atoms with Gasteiger partial charge >= 0.3 is 0 Å². The molecule has 3 aromatic carbocycles. The fourth-order valence-corrected chi connectivity index (χ4v) is 3.77. The van der Waals surface area contributed by atoms with Crippen molar-refractivity contribution < 1.29 is 11.4 Å². The highest BCUT2D eigenvalue weighted by molar-refractivity contribution is 5.96. The molecule has 28 heavy (non-hydrogen) atoms. The van der Waals surface area contributed by atoms with Gasteiger partial charge in [-0.05, 0) is 71.1 Å². The lowest BCUT2D eigenvalue weighted by Crippen LogP contribution is -2.30. The van der Waals surface area contributed by atoms with E-state index >= 15 is 0 Å². The predicted molar refractivity (Wildman–Crippen MR) is 120 cm³/mol. The molecule has 140 valence electrons.